The first-order chi connectivity index (χ1) is 6.97. The van der Waals surface area contributed by atoms with Crippen LogP contribution in [-0.4, -0.2) is 41.3 Å². The number of nitrogens with two attached hydrogens (primary N) is 1. The normalized spacial score (nSPS) is 15.6. The second-order valence-electron chi connectivity index (χ2n) is 2.77. The van der Waals surface area contributed by atoms with Crippen molar-refractivity contribution < 1.29 is 21.2 Å². The molecular weight excluding hydrogens is 188 g/mol. The third-order valence-corrected chi connectivity index (χ3v) is 1.57. The molecule has 6 nitrogen and oxygen atoms in total. The molecule has 0 aromatic heterocycles. The Labute approximate surface area is 83.5 Å². The van der Waals surface area contributed by atoms with Gasteiger partial charge in [0.1, 0.15) is 6.04 Å². The fraction of sp³-hybridized carbons (Fsp3) is 0.750. The van der Waals surface area contributed by atoms with Crippen LogP contribution in [0.2, 0.25) is 0 Å². The molecule has 0 heterocycles. The van der Waals surface area contributed by atoms with Crippen molar-refractivity contribution in [1.82, 2.24) is 5.32 Å². The Kier molecular flexibility index (Phi) is 5.69. The quantitative estimate of drug-likeness (QED) is 0.414. The van der Waals surface area contributed by atoms with E-state index >= 15 is 0 Å². The lowest BCUT2D eigenvalue weighted by Crippen LogP contribution is -2.39. The van der Waals surface area contributed by atoms with Gasteiger partial charge in [-0.2, -0.15) is 0 Å². The zero-order valence-electron chi connectivity index (χ0n) is 8.77. The monoisotopic (exact) mass is 205 g/mol. The Balaban J connectivity index is 4.04. The summed E-state index contributed by atoms with van der Waals surface area (Å²) in [6.45, 7) is -0.105. The van der Waals surface area contributed by atoms with Gasteiger partial charge in [0.2, 0.25) is 0 Å². The van der Waals surface area contributed by atoms with Crippen molar-refractivity contribution in [3.05, 3.63) is 0 Å². The molecule has 0 saturated heterocycles. The van der Waals surface area contributed by atoms with Gasteiger partial charge >= 0.3 is 11.9 Å². The van der Waals surface area contributed by atoms with Crippen LogP contribution in [0.5, 0.6) is 0 Å². The van der Waals surface area contributed by atoms with Gasteiger partial charge in [-0.15, -0.1) is 0 Å². The van der Waals surface area contributed by atoms with E-state index in [1.807, 2.05) is 0 Å². The fourth-order valence-corrected chi connectivity index (χ4v) is 0.884. The minimum Gasteiger partial charge on any atom is -0.480 e. The predicted molar refractivity (Wildman–Crippen MR) is 50.0 cm³/mol. The molecule has 0 fully saturated rings. The molecule has 0 aliphatic carbocycles. The molecule has 0 aromatic carbocycles. The first-order valence-electron chi connectivity index (χ1n) is 4.85. The van der Waals surface area contributed by atoms with Gasteiger partial charge in [-0.3, -0.25) is 14.9 Å². The summed E-state index contributed by atoms with van der Waals surface area (Å²) in [5, 5.41) is 19.4. The largest absolute Gasteiger partial charge is 0.480 e. The highest BCUT2D eigenvalue weighted by Crippen LogP contribution is 2.00. The number of aliphatic carboxylic acids is 2. The Morgan fingerprint density at radius 2 is 2.14 bits per heavy atom. The maximum absolute atomic E-state index is 10.7. The van der Waals surface area contributed by atoms with Gasteiger partial charge in [-0.25, -0.2) is 0 Å². The van der Waals surface area contributed by atoms with Gasteiger partial charge in [-0.05, 0) is 19.4 Å². The van der Waals surface area contributed by atoms with Crippen molar-refractivity contribution in [2.75, 3.05) is 13.1 Å². The minimum absolute atomic E-state index is 0.0554. The molecule has 5 N–H and O–H groups in total. The SMILES string of the molecule is [2H]C(CCN)C[C@H](NCC(=O)O)C(=O)O. The van der Waals surface area contributed by atoms with Gasteiger partial charge in [0.15, 0.2) is 0 Å². The van der Waals surface area contributed by atoms with E-state index in [1.165, 1.54) is 0 Å². The van der Waals surface area contributed by atoms with Crippen LogP contribution in [0.15, 0.2) is 0 Å². The maximum Gasteiger partial charge on any atom is 0.320 e. The summed E-state index contributed by atoms with van der Waals surface area (Å²) in [6.07, 6.45) is -0.129. The molecule has 0 radical (unpaired) electrons. The molecule has 0 rings (SSSR count). The van der Waals surface area contributed by atoms with Gasteiger partial charge in [-0.1, -0.05) is 6.40 Å². The van der Waals surface area contributed by atoms with E-state index in [0.29, 0.717) is 13.0 Å². The van der Waals surface area contributed by atoms with E-state index in [0.717, 1.165) is 0 Å². The van der Waals surface area contributed by atoms with Crippen LogP contribution in [0.25, 0.3) is 0 Å². The van der Waals surface area contributed by atoms with Crippen LogP contribution in [-0.2, 0) is 9.59 Å². The molecule has 1 unspecified atom stereocenters. The summed E-state index contributed by atoms with van der Waals surface area (Å²) in [5.41, 5.74) is 5.22. The summed E-state index contributed by atoms with van der Waals surface area (Å²) in [5.74, 6) is -2.27. The standard InChI is InChI=1S/C8H16N2O4/c9-4-2-1-3-6(8(13)14)10-5-7(11)12/h6,10H,1-5,9H2,(H,11,12)(H,13,14)/t6-/m0/s1/i1D/t1?,6-. The summed E-state index contributed by atoms with van der Waals surface area (Å²) in [4.78, 5) is 20.9. The van der Waals surface area contributed by atoms with Gasteiger partial charge in [0, 0.05) is 1.37 Å². The van der Waals surface area contributed by atoms with Crippen molar-refractivity contribution >= 4 is 11.9 Å². The molecule has 0 aromatic rings. The van der Waals surface area contributed by atoms with Crippen molar-refractivity contribution in [2.24, 2.45) is 5.73 Å². The molecule has 0 spiro atoms. The Morgan fingerprint density at radius 3 is 2.57 bits per heavy atom. The van der Waals surface area contributed by atoms with Crippen LogP contribution in [0.1, 0.15) is 20.6 Å². The van der Waals surface area contributed by atoms with Gasteiger partial charge < -0.3 is 15.9 Å². The van der Waals surface area contributed by atoms with Crippen molar-refractivity contribution in [3.63, 3.8) is 0 Å². The molecule has 0 amide bonds. The second kappa shape index (κ2) is 7.28. The van der Waals surface area contributed by atoms with Crippen molar-refractivity contribution in [2.45, 2.75) is 25.3 Å². The van der Waals surface area contributed by atoms with E-state index in [-0.39, 0.29) is 6.42 Å². The molecule has 0 aliphatic heterocycles. The van der Waals surface area contributed by atoms with Crippen LogP contribution in [0, 0.1) is 0 Å². The lowest BCUT2D eigenvalue weighted by atomic mass is 10.1. The maximum atomic E-state index is 10.7. The molecule has 2 atom stereocenters. The third kappa shape index (κ3) is 6.38. The van der Waals surface area contributed by atoms with Crippen LogP contribution >= 0.6 is 0 Å². The highest BCUT2D eigenvalue weighted by atomic mass is 16.4. The first-order valence-corrected chi connectivity index (χ1v) is 4.27. The Hall–Kier alpha value is -1.14. The van der Waals surface area contributed by atoms with Crippen molar-refractivity contribution in [3.8, 4) is 0 Å². The topological polar surface area (TPSA) is 113 Å². The van der Waals surface area contributed by atoms with Crippen LogP contribution < -0.4 is 11.1 Å². The molecule has 0 aliphatic rings. The summed E-state index contributed by atoms with van der Waals surface area (Å²) in [6, 6.07) is -1.00. The number of rotatable bonds is 8. The van der Waals surface area contributed by atoms with Crippen LogP contribution in [0.3, 0.4) is 0 Å². The smallest absolute Gasteiger partial charge is 0.320 e. The molecule has 6 heteroatoms. The number of hydrogen-bond donors (Lipinski definition) is 4. The molecular formula is C8H16N2O4. The lowest BCUT2D eigenvalue weighted by molar-refractivity contribution is -0.140. The summed E-state index contributed by atoms with van der Waals surface area (Å²) < 4.78 is 7.45. The average molecular weight is 205 g/mol. The highest BCUT2D eigenvalue weighted by molar-refractivity contribution is 5.75. The molecule has 82 valence electrons. The van der Waals surface area contributed by atoms with Crippen LogP contribution in [0.4, 0.5) is 0 Å². The highest BCUT2D eigenvalue weighted by Gasteiger charge is 2.16. The lowest BCUT2D eigenvalue weighted by Gasteiger charge is -2.12. The van der Waals surface area contributed by atoms with E-state index in [1.54, 1.807) is 0 Å². The molecule has 0 saturated carbocycles. The van der Waals surface area contributed by atoms with E-state index < -0.39 is 30.9 Å². The van der Waals surface area contributed by atoms with E-state index in [2.05, 4.69) is 5.32 Å². The number of carbonyl (C=O) groups is 2. The molecule has 0 bridgehead atoms. The summed E-state index contributed by atoms with van der Waals surface area (Å²) >= 11 is 0. The summed E-state index contributed by atoms with van der Waals surface area (Å²) in [7, 11) is 0. The average Bonchev–Trinajstić information content (AvgIpc) is 2.11. The Bertz CT molecular complexity index is 225. The van der Waals surface area contributed by atoms with Crippen molar-refractivity contribution in [1.29, 1.82) is 0 Å². The number of nitrogens with one attached hydrogen (secondary N) is 1. The van der Waals surface area contributed by atoms with E-state index in [9.17, 15) is 9.59 Å². The zero-order chi connectivity index (χ0) is 11.8. The second-order valence-corrected chi connectivity index (χ2v) is 2.77. The number of hydrogen-bond acceptors (Lipinski definition) is 4. The first kappa shape index (κ1) is 10.9. The minimum atomic E-state index is -1.15. The van der Waals surface area contributed by atoms with Gasteiger partial charge in [0.25, 0.3) is 0 Å². The zero-order valence-corrected chi connectivity index (χ0v) is 7.77. The molecule has 14 heavy (non-hydrogen) atoms. The third-order valence-electron chi connectivity index (χ3n) is 1.57. The predicted octanol–water partition coefficient (Wildman–Crippen LogP) is -0.757. The Morgan fingerprint density at radius 1 is 1.50 bits per heavy atom. The van der Waals surface area contributed by atoms with E-state index in [4.69, 9.17) is 17.3 Å². The van der Waals surface area contributed by atoms with Gasteiger partial charge in [0.05, 0.1) is 6.54 Å². The number of carboxylic acid groups (broad SMARTS) is 2. The fourth-order valence-electron chi connectivity index (χ4n) is 0.884. The number of carboxylic acids is 2.